The summed E-state index contributed by atoms with van der Waals surface area (Å²) >= 11 is 0. The second-order valence-corrected chi connectivity index (χ2v) is 8.05. The van der Waals surface area contributed by atoms with Crippen LogP contribution in [-0.2, 0) is 4.74 Å². The van der Waals surface area contributed by atoms with Crippen molar-refractivity contribution in [1.82, 2.24) is 14.9 Å². The van der Waals surface area contributed by atoms with E-state index in [1.807, 2.05) is 60.8 Å². The number of fused-ring (bicyclic) bond motifs is 1. The van der Waals surface area contributed by atoms with Crippen molar-refractivity contribution in [2.75, 3.05) is 31.6 Å². The molecule has 1 aliphatic rings. The zero-order valence-electron chi connectivity index (χ0n) is 18.0. The quantitative estimate of drug-likeness (QED) is 0.491. The molecule has 6 nitrogen and oxygen atoms in total. The van der Waals surface area contributed by atoms with Crippen LogP contribution in [0.4, 0.5) is 5.69 Å². The topological polar surface area (TPSA) is 70.2 Å². The summed E-state index contributed by atoms with van der Waals surface area (Å²) in [7, 11) is 0. The van der Waals surface area contributed by atoms with Gasteiger partial charge in [0, 0.05) is 52.7 Å². The molecule has 2 aromatic heterocycles. The predicted octanol–water partition coefficient (Wildman–Crippen LogP) is 4.55. The van der Waals surface area contributed by atoms with Gasteiger partial charge in [0.1, 0.15) is 0 Å². The molecule has 1 fully saturated rings. The average Bonchev–Trinajstić information content (AvgIpc) is 3.16. The van der Waals surface area contributed by atoms with Crippen LogP contribution in [0.5, 0.6) is 0 Å². The highest BCUT2D eigenvalue weighted by molar-refractivity contribution is 6.05. The smallest absolute Gasteiger partial charge is 0.255 e. The summed E-state index contributed by atoms with van der Waals surface area (Å²) < 4.78 is 5.61. The lowest BCUT2D eigenvalue weighted by Crippen LogP contribution is -2.40. The van der Waals surface area contributed by atoms with Crippen molar-refractivity contribution in [3.05, 3.63) is 95.4 Å². The van der Waals surface area contributed by atoms with Gasteiger partial charge in [-0.3, -0.25) is 14.7 Å². The number of hydrogen-bond donors (Lipinski definition) is 2. The standard InChI is InChI=1S/C26H26N4O2/c1-18-24(25(23-9-5-6-12-27-23)30-13-15-32-16-14-30)21-17-20(10-11-22(21)28-18)29-26(31)19-7-3-2-4-8-19/h2-12,17,25,28H,13-16H2,1H3,(H,29,31). The van der Waals surface area contributed by atoms with E-state index in [4.69, 9.17) is 9.72 Å². The molecule has 1 atom stereocenters. The summed E-state index contributed by atoms with van der Waals surface area (Å²) in [6, 6.07) is 21.4. The number of nitrogens with zero attached hydrogens (tertiary/aromatic N) is 2. The van der Waals surface area contributed by atoms with E-state index in [2.05, 4.69) is 34.3 Å². The Morgan fingerprint density at radius 2 is 1.84 bits per heavy atom. The largest absolute Gasteiger partial charge is 0.379 e. The number of amides is 1. The number of aromatic amines is 1. The molecule has 1 amide bonds. The maximum Gasteiger partial charge on any atom is 0.255 e. The van der Waals surface area contributed by atoms with E-state index in [0.717, 1.165) is 41.1 Å². The first-order valence-electron chi connectivity index (χ1n) is 10.9. The molecule has 1 saturated heterocycles. The molecule has 1 unspecified atom stereocenters. The van der Waals surface area contributed by atoms with E-state index in [0.29, 0.717) is 18.8 Å². The normalized spacial score (nSPS) is 15.5. The lowest BCUT2D eigenvalue weighted by molar-refractivity contribution is 0.0234. The molecule has 2 N–H and O–H groups in total. The van der Waals surface area contributed by atoms with E-state index in [1.54, 1.807) is 0 Å². The number of ether oxygens (including phenoxy) is 1. The molecule has 4 aromatic rings. The summed E-state index contributed by atoms with van der Waals surface area (Å²) in [5, 5.41) is 4.14. The molecule has 0 spiro atoms. The van der Waals surface area contributed by atoms with Crippen molar-refractivity contribution >= 4 is 22.5 Å². The Labute approximate surface area is 187 Å². The molecule has 162 valence electrons. The number of aromatic nitrogens is 2. The zero-order chi connectivity index (χ0) is 21.9. The van der Waals surface area contributed by atoms with Crippen molar-refractivity contribution in [2.24, 2.45) is 0 Å². The molecular formula is C26H26N4O2. The fraction of sp³-hybridized carbons (Fsp3) is 0.231. The van der Waals surface area contributed by atoms with Crippen LogP contribution in [0.15, 0.2) is 72.9 Å². The van der Waals surface area contributed by atoms with Gasteiger partial charge in [0.05, 0.1) is 24.9 Å². The number of rotatable bonds is 5. The van der Waals surface area contributed by atoms with Crippen LogP contribution in [0.3, 0.4) is 0 Å². The first-order valence-corrected chi connectivity index (χ1v) is 10.9. The number of nitrogens with one attached hydrogen (secondary N) is 2. The van der Waals surface area contributed by atoms with E-state index >= 15 is 0 Å². The fourth-order valence-corrected chi connectivity index (χ4v) is 4.46. The average molecular weight is 427 g/mol. The SMILES string of the molecule is Cc1[nH]c2ccc(NC(=O)c3ccccc3)cc2c1C(c1ccccn1)N1CCOCC1. The third-order valence-corrected chi connectivity index (χ3v) is 5.98. The number of carbonyl (C=O) groups excluding carboxylic acids is 1. The van der Waals surface area contributed by atoms with Crippen LogP contribution in [-0.4, -0.2) is 47.1 Å². The third-order valence-electron chi connectivity index (χ3n) is 5.98. The molecule has 0 aliphatic carbocycles. The van der Waals surface area contributed by atoms with Gasteiger partial charge in [0.25, 0.3) is 5.91 Å². The number of anilines is 1. The van der Waals surface area contributed by atoms with Crippen molar-refractivity contribution in [3.63, 3.8) is 0 Å². The maximum atomic E-state index is 12.7. The Kier molecular flexibility index (Phi) is 5.71. The molecule has 5 rings (SSSR count). The highest BCUT2D eigenvalue weighted by Gasteiger charge is 2.29. The molecule has 3 heterocycles. The molecule has 32 heavy (non-hydrogen) atoms. The Morgan fingerprint density at radius 3 is 2.59 bits per heavy atom. The minimum atomic E-state index is -0.117. The minimum Gasteiger partial charge on any atom is -0.379 e. The summed E-state index contributed by atoms with van der Waals surface area (Å²) in [6.45, 7) is 5.22. The van der Waals surface area contributed by atoms with Gasteiger partial charge in [0.15, 0.2) is 0 Å². The lowest BCUT2D eigenvalue weighted by Gasteiger charge is -2.34. The van der Waals surface area contributed by atoms with E-state index in [9.17, 15) is 4.79 Å². The maximum absolute atomic E-state index is 12.7. The Bertz CT molecular complexity index is 1210. The van der Waals surface area contributed by atoms with Crippen LogP contribution in [0.1, 0.15) is 33.4 Å². The molecular weight excluding hydrogens is 400 g/mol. The van der Waals surface area contributed by atoms with Gasteiger partial charge >= 0.3 is 0 Å². The van der Waals surface area contributed by atoms with Gasteiger partial charge in [0.2, 0.25) is 0 Å². The number of hydrogen-bond acceptors (Lipinski definition) is 4. The second kappa shape index (κ2) is 8.94. The van der Waals surface area contributed by atoms with E-state index in [-0.39, 0.29) is 11.9 Å². The number of benzene rings is 2. The third kappa shape index (κ3) is 4.02. The number of pyridine rings is 1. The van der Waals surface area contributed by atoms with Crippen molar-refractivity contribution in [2.45, 2.75) is 13.0 Å². The highest BCUT2D eigenvalue weighted by Crippen LogP contribution is 2.36. The van der Waals surface area contributed by atoms with Crippen LogP contribution < -0.4 is 5.32 Å². The molecule has 0 bridgehead atoms. The van der Waals surface area contributed by atoms with Crippen LogP contribution in [0.25, 0.3) is 10.9 Å². The van der Waals surface area contributed by atoms with E-state index in [1.165, 1.54) is 5.56 Å². The summed E-state index contributed by atoms with van der Waals surface area (Å²) in [6.07, 6.45) is 1.85. The highest BCUT2D eigenvalue weighted by atomic mass is 16.5. The van der Waals surface area contributed by atoms with Gasteiger partial charge in [-0.25, -0.2) is 0 Å². The van der Waals surface area contributed by atoms with Gasteiger partial charge in [-0.05, 0) is 49.4 Å². The van der Waals surface area contributed by atoms with Gasteiger partial charge in [-0.1, -0.05) is 24.3 Å². The number of morpholine rings is 1. The molecule has 6 heteroatoms. The fourth-order valence-electron chi connectivity index (χ4n) is 4.46. The molecule has 1 aliphatic heterocycles. The van der Waals surface area contributed by atoms with Gasteiger partial charge in [-0.2, -0.15) is 0 Å². The predicted molar refractivity (Wildman–Crippen MR) is 126 cm³/mol. The zero-order valence-corrected chi connectivity index (χ0v) is 18.0. The van der Waals surface area contributed by atoms with E-state index < -0.39 is 0 Å². The Balaban J connectivity index is 1.56. The Morgan fingerprint density at radius 1 is 1.06 bits per heavy atom. The van der Waals surface area contributed by atoms with Crippen LogP contribution in [0, 0.1) is 6.92 Å². The van der Waals surface area contributed by atoms with Crippen molar-refractivity contribution in [1.29, 1.82) is 0 Å². The molecule has 0 saturated carbocycles. The minimum absolute atomic E-state index is 0.00826. The first kappa shape index (κ1) is 20.4. The van der Waals surface area contributed by atoms with Crippen LogP contribution >= 0.6 is 0 Å². The number of H-pyrrole nitrogens is 1. The summed E-state index contributed by atoms with van der Waals surface area (Å²) in [5.74, 6) is -0.117. The Hall–Kier alpha value is -3.48. The van der Waals surface area contributed by atoms with Gasteiger partial charge < -0.3 is 15.0 Å². The molecule has 2 aromatic carbocycles. The summed E-state index contributed by atoms with van der Waals surface area (Å²) in [5.41, 5.74) is 5.76. The van der Waals surface area contributed by atoms with Gasteiger partial charge in [-0.15, -0.1) is 0 Å². The lowest BCUT2D eigenvalue weighted by atomic mass is 9.97. The van der Waals surface area contributed by atoms with Crippen LogP contribution in [0.2, 0.25) is 0 Å². The summed E-state index contributed by atoms with van der Waals surface area (Å²) in [4.78, 5) is 23.4. The van der Waals surface area contributed by atoms with Crippen molar-refractivity contribution < 1.29 is 9.53 Å². The number of carbonyl (C=O) groups is 1. The monoisotopic (exact) mass is 426 g/mol. The first-order chi connectivity index (χ1) is 15.7. The number of aryl methyl sites for hydroxylation is 1. The molecule has 0 radical (unpaired) electrons. The van der Waals surface area contributed by atoms with Crippen molar-refractivity contribution in [3.8, 4) is 0 Å². The second-order valence-electron chi connectivity index (χ2n) is 8.05.